The van der Waals surface area contributed by atoms with Crippen molar-refractivity contribution in [2.45, 2.75) is 6.42 Å². The van der Waals surface area contributed by atoms with Gasteiger partial charge in [0.1, 0.15) is 4.88 Å². The minimum atomic E-state index is -0.375. The van der Waals surface area contributed by atoms with Gasteiger partial charge in [-0.05, 0) is 42.1 Å². The van der Waals surface area contributed by atoms with Gasteiger partial charge < -0.3 is 15.2 Å². The number of esters is 1. The number of rotatable bonds is 5. The van der Waals surface area contributed by atoms with Crippen LogP contribution < -0.4 is 15.2 Å². The van der Waals surface area contributed by atoms with Crippen molar-refractivity contribution in [3.05, 3.63) is 46.2 Å². The van der Waals surface area contributed by atoms with Crippen molar-refractivity contribution in [2.75, 3.05) is 13.7 Å². The molecule has 0 aliphatic heterocycles. The van der Waals surface area contributed by atoms with Gasteiger partial charge in [0, 0.05) is 0 Å². The average molecular weight is 277 g/mol. The van der Waals surface area contributed by atoms with Gasteiger partial charge >= 0.3 is 5.97 Å². The van der Waals surface area contributed by atoms with Crippen molar-refractivity contribution in [1.29, 1.82) is 0 Å². The molecule has 0 saturated heterocycles. The SMILES string of the molecule is COc1cc(CCN)ccc1OC(=O)c1cccs1. The molecule has 0 saturated carbocycles. The van der Waals surface area contributed by atoms with Crippen LogP contribution in [-0.4, -0.2) is 19.6 Å². The Morgan fingerprint density at radius 3 is 2.79 bits per heavy atom. The molecule has 0 unspecified atom stereocenters. The number of benzene rings is 1. The van der Waals surface area contributed by atoms with E-state index in [1.54, 1.807) is 19.2 Å². The highest BCUT2D eigenvalue weighted by Gasteiger charge is 2.13. The second-order valence-corrected chi connectivity index (χ2v) is 4.84. The summed E-state index contributed by atoms with van der Waals surface area (Å²) in [5.74, 6) is 0.581. The largest absolute Gasteiger partial charge is 0.493 e. The fourth-order valence-electron chi connectivity index (χ4n) is 1.66. The fourth-order valence-corrected chi connectivity index (χ4v) is 2.26. The van der Waals surface area contributed by atoms with Gasteiger partial charge in [-0.25, -0.2) is 4.79 Å². The van der Waals surface area contributed by atoms with Crippen molar-refractivity contribution in [3.63, 3.8) is 0 Å². The Hall–Kier alpha value is -1.85. The third kappa shape index (κ3) is 3.33. The van der Waals surface area contributed by atoms with Crippen LogP contribution in [0.4, 0.5) is 0 Å². The quantitative estimate of drug-likeness (QED) is 0.673. The van der Waals surface area contributed by atoms with E-state index in [1.165, 1.54) is 11.3 Å². The minimum absolute atomic E-state index is 0.375. The van der Waals surface area contributed by atoms with Crippen molar-refractivity contribution < 1.29 is 14.3 Å². The molecule has 100 valence electrons. The van der Waals surface area contributed by atoms with Gasteiger partial charge in [0.25, 0.3) is 0 Å². The molecular formula is C14H15NO3S. The van der Waals surface area contributed by atoms with Crippen LogP contribution >= 0.6 is 11.3 Å². The Kier molecular flexibility index (Phi) is 4.54. The van der Waals surface area contributed by atoms with Gasteiger partial charge in [-0.2, -0.15) is 0 Å². The Morgan fingerprint density at radius 1 is 1.32 bits per heavy atom. The lowest BCUT2D eigenvalue weighted by Gasteiger charge is -2.10. The first kappa shape index (κ1) is 13.6. The number of hydrogen-bond acceptors (Lipinski definition) is 5. The van der Waals surface area contributed by atoms with E-state index in [0.717, 1.165) is 12.0 Å². The summed E-state index contributed by atoms with van der Waals surface area (Å²) >= 11 is 1.34. The molecule has 1 heterocycles. The number of hydrogen-bond donors (Lipinski definition) is 1. The Balaban J connectivity index is 2.18. The molecule has 0 radical (unpaired) electrons. The molecular weight excluding hydrogens is 262 g/mol. The Labute approximate surface area is 115 Å². The van der Waals surface area contributed by atoms with Crippen molar-refractivity contribution in [1.82, 2.24) is 0 Å². The third-order valence-electron chi connectivity index (χ3n) is 2.59. The zero-order chi connectivity index (χ0) is 13.7. The summed E-state index contributed by atoms with van der Waals surface area (Å²) in [4.78, 5) is 12.4. The first-order chi connectivity index (χ1) is 9.24. The Morgan fingerprint density at radius 2 is 2.16 bits per heavy atom. The lowest BCUT2D eigenvalue weighted by Crippen LogP contribution is -2.08. The predicted molar refractivity (Wildman–Crippen MR) is 75.0 cm³/mol. The molecule has 5 heteroatoms. The van der Waals surface area contributed by atoms with Crippen LogP contribution in [0.5, 0.6) is 11.5 Å². The van der Waals surface area contributed by atoms with Gasteiger partial charge in [0.15, 0.2) is 11.5 Å². The van der Waals surface area contributed by atoms with Gasteiger partial charge in [0.05, 0.1) is 7.11 Å². The van der Waals surface area contributed by atoms with E-state index in [-0.39, 0.29) is 5.97 Å². The number of methoxy groups -OCH3 is 1. The van der Waals surface area contributed by atoms with Crippen molar-refractivity contribution >= 4 is 17.3 Å². The van der Waals surface area contributed by atoms with Gasteiger partial charge in [-0.1, -0.05) is 12.1 Å². The van der Waals surface area contributed by atoms with Gasteiger partial charge in [-0.3, -0.25) is 0 Å². The molecule has 0 aliphatic rings. The summed E-state index contributed by atoms with van der Waals surface area (Å²) in [5, 5.41) is 1.83. The van der Waals surface area contributed by atoms with E-state index >= 15 is 0 Å². The number of nitrogens with two attached hydrogens (primary N) is 1. The van der Waals surface area contributed by atoms with Crippen LogP contribution in [0.3, 0.4) is 0 Å². The number of carbonyl (C=O) groups excluding carboxylic acids is 1. The minimum Gasteiger partial charge on any atom is -0.493 e. The molecule has 1 aromatic heterocycles. The standard InChI is InChI=1S/C14H15NO3S/c1-17-12-9-10(6-7-15)4-5-11(12)18-14(16)13-3-2-8-19-13/h2-5,8-9H,6-7,15H2,1H3. The van der Waals surface area contributed by atoms with E-state index < -0.39 is 0 Å². The monoisotopic (exact) mass is 277 g/mol. The molecule has 0 aliphatic carbocycles. The molecule has 0 spiro atoms. The van der Waals surface area contributed by atoms with E-state index in [9.17, 15) is 4.79 Å². The summed E-state index contributed by atoms with van der Waals surface area (Å²) in [5.41, 5.74) is 6.56. The maximum absolute atomic E-state index is 11.9. The van der Waals surface area contributed by atoms with Crippen molar-refractivity contribution in [3.8, 4) is 11.5 Å². The zero-order valence-corrected chi connectivity index (χ0v) is 11.4. The van der Waals surface area contributed by atoms with E-state index in [0.29, 0.717) is 22.9 Å². The first-order valence-corrected chi connectivity index (χ1v) is 6.75. The lowest BCUT2D eigenvalue weighted by atomic mass is 10.1. The highest BCUT2D eigenvalue weighted by molar-refractivity contribution is 7.12. The highest BCUT2D eigenvalue weighted by atomic mass is 32.1. The fraction of sp³-hybridized carbons (Fsp3) is 0.214. The highest BCUT2D eigenvalue weighted by Crippen LogP contribution is 2.29. The molecule has 2 aromatic rings. The third-order valence-corrected chi connectivity index (χ3v) is 3.44. The van der Waals surface area contributed by atoms with E-state index in [4.69, 9.17) is 15.2 Å². The molecule has 0 amide bonds. The molecule has 0 atom stereocenters. The average Bonchev–Trinajstić information content (AvgIpc) is 2.94. The number of ether oxygens (including phenoxy) is 2. The summed E-state index contributed by atoms with van der Waals surface area (Å²) < 4.78 is 10.6. The number of thiophene rings is 1. The smallest absolute Gasteiger partial charge is 0.353 e. The first-order valence-electron chi connectivity index (χ1n) is 5.87. The van der Waals surface area contributed by atoms with Crippen LogP contribution in [0.2, 0.25) is 0 Å². The van der Waals surface area contributed by atoms with Crippen LogP contribution in [0.15, 0.2) is 35.7 Å². The molecule has 1 aromatic carbocycles. The molecule has 0 bridgehead atoms. The summed E-state index contributed by atoms with van der Waals surface area (Å²) in [7, 11) is 1.55. The van der Waals surface area contributed by atoms with Gasteiger partial charge in [0.2, 0.25) is 0 Å². The van der Waals surface area contributed by atoms with E-state index in [2.05, 4.69) is 0 Å². The second-order valence-electron chi connectivity index (χ2n) is 3.89. The van der Waals surface area contributed by atoms with Crippen LogP contribution in [0, 0.1) is 0 Å². The second kappa shape index (κ2) is 6.36. The van der Waals surface area contributed by atoms with Crippen LogP contribution in [0.1, 0.15) is 15.2 Å². The van der Waals surface area contributed by atoms with Crippen LogP contribution in [0.25, 0.3) is 0 Å². The van der Waals surface area contributed by atoms with Crippen LogP contribution in [-0.2, 0) is 6.42 Å². The summed E-state index contributed by atoms with van der Waals surface area (Å²) in [6.45, 7) is 0.567. The number of carbonyl (C=O) groups is 1. The Bertz CT molecular complexity index is 552. The van der Waals surface area contributed by atoms with Crippen molar-refractivity contribution in [2.24, 2.45) is 5.73 Å². The lowest BCUT2D eigenvalue weighted by molar-refractivity contribution is 0.0735. The molecule has 4 nitrogen and oxygen atoms in total. The summed E-state index contributed by atoms with van der Waals surface area (Å²) in [6, 6.07) is 8.98. The molecule has 19 heavy (non-hydrogen) atoms. The molecule has 0 fully saturated rings. The normalized spacial score (nSPS) is 10.2. The predicted octanol–water partition coefficient (Wildman–Crippen LogP) is 2.48. The van der Waals surface area contributed by atoms with E-state index in [1.807, 2.05) is 23.6 Å². The van der Waals surface area contributed by atoms with Gasteiger partial charge in [-0.15, -0.1) is 11.3 Å². The maximum Gasteiger partial charge on any atom is 0.353 e. The maximum atomic E-state index is 11.9. The topological polar surface area (TPSA) is 61.6 Å². The molecule has 2 N–H and O–H groups in total. The molecule has 2 rings (SSSR count). The zero-order valence-electron chi connectivity index (χ0n) is 10.6. The summed E-state index contributed by atoms with van der Waals surface area (Å²) in [6.07, 6.45) is 0.759.